The second-order valence-electron chi connectivity index (χ2n) is 7.85. The van der Waals surface area contributed by atoms with Crippen LogP contribution in [0.2, 0.25) is 0 Å². The van der Waals surface area contributed by atoms with Gasteiger partial charge in [0.2, 0.25) is 10.0 Å². The summed E-state index contributed by atoms with van der Waals surface area (Å²) in [6, 6.07) is 5.53. The minimum atomic E-state index is -3.94. The van der Waals surface area contributed by atoms with E-state index in [0.29, 0.717) is 11.5 Å². The summed E-state index contributed by atoms with van der Waals surface area (Å²) < 4.78 is 31.2. The SMILES string of the molecule is CC(=O)c1ccc(S(=O)(=O)N(C)CC(=O)OC(C)C(=O)NC2CCCCC2C)cc1. The Morgan fingerprint density at radius 1 is 1.17 bits per heavy atom. The molecule has 166 valence electrons. The smallest absolute Gasteiger partial charge is 0.322 e. The largest absolute Gasteiger partial charge is 0.452 e. The van der Waals surface area contributed by atoms with Crippen LogP contribution in [0.3, 0.4) is 0 Å². The first-order valence-corrected chi connectivity index (χ1v) is 11.5. The van der Waals surface area contributed by atoms with E-state index in [0.717, 1.165) is 30.0 Å². The molecule has 1 aliphatic rings. The highest BCUT2D eigenvalue weighted by Crippen LogP contribution is 2.23. The maximum atomic E-state index is 12.6. The number of carbonyl (C=O) groups excluding carboxylic acids is 3. The fourth-order valence-corrected chi connectivity index (χ4v) is 4.54. The first-order chi connectivity index (χ1) is 14.0. The lowest BCUT2D eigenvalue weighted by Crippen LogP contribution is -2.46. The summed E-state index contributed by atoms with van der Waals surface area (Å²) in [5.41, 5.74) is 0.392. The molecule has 0 bridgehead atoms. The van der Waals surface area contributed by atoms with Crippen molar-refractivity contribution in [2.45, 2.75) is 63.5 Å². The molecule has 1 aromatic rings. The Balaban J connectivity index is 1.92. The third-order valence-electron chi connectivity index (χ3n) is 5.44. The zero-order chi connectivity index (χ0) is 22.5. The summed E-state index contributed by atoms with van der Waals surface area (Å²) in [5.74, 6) is -1.00. The number of likely N-dealkylation sites (N-methyl/N-ethyl adjacent to an activating group) is 1. The van der Waals surface area contributed by atoms with E-state index in [-0.39, 0.29) is 22.6 Å². The van der Waals surface area contributed by atoms with Crippen molar-refractivity contribution in [3.05, 3.63) is 29.8 Å². The maximum absolute atomic E-state index is 12.6. The molecule has 1 N–H and O–H groups in total. The van der Waals surface area contributed by atoms with Crippen LogP contribution < -0.4 is 5.32 Å². The van der Waals surface area contributed by atoms with E-state index in [1.54, 1.807) is 0 Å². The molecule has 0 aromatic heterocycles. The number of esters is 1. The molecule has 1 fully saturated rings. The minimum Gasteiger partial charge on any atom is -0.452 e. The highest BCUT2D eigenvalue weighted by Gasteiger charge is 2.28. The third kappa shape index (κ3) is 6.12. The zero-order valence-electron chi connectivity index (χ0n) is 17.9. The van der Waals surface area contributed by atoms with Gasteiger partial charge in [0, 0.05) is 18.7 Å². The highest BCUT2D eigenvalue weighted by molar-refractivity contribution is 7.89. The number of nitrogens with one attached hydrogen (secondary N) is 1. The van der Waals surface area contributed by atoms with Crippen molar-refractivity contribution >= 4 is 27.7 Å². The molecule has 8 nitrogen and oxygen atoms in total. The zero-order valence-corrected chi connectivity index (χ0v) is 18.7. The van der Waals surface area contributed by atoms with Gasteiger partial charge >= 0.3 is 5.97 Å². The molecule has 30 heavy (non-hydrogen) atoms. The quantitative estimate of drug-likeness (QED) is 0.492. The van der Waals surface area contributed by atoms with Gasteiger partial charge in [-0.2, -0.15) is 4.31 Å². The Kier molecular flexibility index (Phi) is 8.14. The predicted molar refractivity (Wildman–Crippen MR) is 111 cm³/mol. The van der Waals surface area contributed by atoms with Crippen LogP contribution in [0, 0.1) is 5.92 Å². The minimum absolute atomic E-state index is 0.0418. The number of ether oxygens (including phenoxy) is 1. The van der Waals surface area contributed by atoms with E-state index in [9.17, 15) is 22.8 Å². The topological polar surface area (TPSA) is 110 Å². The summed E-state index contributed by atoms with van der Waals surface area (Å²) in [7, 11) is -2.69. The van der Waals surface area contributed by atoms with Crippen LogP contribution in [0.15, 0.2) is 29.2 Å². The lowest BCUT2D eigenvalue weighted by Gasteiger charge is -2.30. The molecule has 0 heterocycles. The van der Waals surface area contributed by atoms with E-state index < -0.39 is 28.6 Å². The molecule has 2 rings (SSSR count). The van der Waals surface area contributed by atoms with Crippen LogP contribution in [0.4, 0.5) is 0 Å². The van der Waals surface area contributed by atoms with Gasteiger partial charge in [0.1, 0.15) is 6.54 Å². The van der Waals surface area contributed by atoms with Crippen molar-refractivity contribution in [1.29, 1.82) is 0 Å². The summed E-state index contributed by atoms with van der Waals surface area (Å²) in [6.07, 6.45) is 3.14. The van der Waals surface area contributed by atoms with Crippen LogP contribution in [0.25, 0.3) is 0 Å². The molecule has 0 spiro atoms. The molecule has 1 aliphatic carbocycles. The number of ketones is 1. The number of hydrogen-bond donors (Lipinski definition) is 1. The van der Waals surface area contributed by atoms with Crippen molar-refractivity contribution in [3.8, 4) is 0 Å². The van der Waals surface area contributed by atoms with Crippen LogP contribution >= 0.6 is 0 Å². The van der Waals surface area contributed by atoms with Crippen molar-refractivity contribution < 1.29 is 27.5 Å². The van der Waals surface area contributed by atoms with Gasteiger partial charge in [0.25, 0.3) is 5.91 Å². The Morgan fingerprint density at radius 2 is 1.77 bits per heavy atom. The molecule has 3 unspecified atom stereocenters. The van der Waals surface area contributed by atoms with Crippen molar-refractivity contribution in [2.75, 3.05) is 13.6 Å². The van der Waals surface area contributed by atoms with E-state index >= 15 is 0 Å². The van der Waals surface area contributed by atoms with E-state index in [1.807, 2.05) is 0 Å². The predicted octanol–water partition coefficient (Wildman–Crippen LogP) is 2.14. The highest BCUT2D eigenvalue weighted by atomic mass is 32.2. The molecule has 1 amide bonds. The molecule has 3 atom stereocenters. The van der Waals surface area contributed by atoms with Gasteiger partial charge in [0.05, 0.1) is 4.90 Å². The van der Waals surface area contributed by atoms with Gasteiger partial charge in [0.15, 0.2) is 11.9 Å². The van der Waals surface area contributed by atoms with E-state index in [4.69, 9.17) is 4.74 Å². The molecule has 0 radical (unpaired) electrons. The van der Waals surface area contributed by atoms with E-state index in [2.05, 4.69) is 12.2 Å². The van der Waals surface area contributed by atoms with Crippen LogP contribution in [-0.4, -0.2) is 56.1 Å². The third-order valence-corrected chi connectivity index (χ3v) is 7.25. The molecular formula is C21H30N2O6S. The summed E-state index contributed by atoms with van der Waals surface area (Å²) in [4.78, 5) is 35.8. The van der Waals surface area contributed by atoms with Gasteiger partial charge in [-0.15, -0.1) is 0 Å². The number of nitrogens with zero attached hydrogens (tertiary/aromatic N) is 1. The number of carbonyl (C=O) groups is 3. The summed E-state index contributed by atoms with van der Waals surface area (Å²) >= 11 is 0. The summed E-state index contributed by atoms with van der Waals surface area (Å²) in [5, 5.41) is 2.92. The van der Waals surface area contributed by atoms with Gasteiger partial charge in [-0.1, -0.05) is 31.9 Å². The maximum Gasteiger partial charge on any atom is 0.322 e. The van der Waals surface area contributed by atoms with Gasteiger partial charge in [-0.05, 0) is 44.7 Å². The second-order valence-corrected chi connectivity index (χ2v) is 9.90. The van der Waals surface area contributed by atoms with E-state index in [1.165, 1.54) is 45.2 Å². The number of sulfonamides is 1. The monoisotopic (exact) mass is 438 g/mol. The van der Waals surface area contributed by atoms with Gasteiger partial charge in [-0.25, -0.2) is 8.42 Å². The first kappa shape index (κ1) is 24.0. The normalized spacial score (nSPS) is 20.4. The second kappa shape index (κ2) is 10.2. The van der Waals surface area contributed by atoms with Crippen LogP contribution in [0.5, 0.6) is 0 Å². The number of amides is 1. The Labute approximate surface area is 178 Å². The molecule has 1 aromatic carbocycles. The van der Waals surface area contributed by atoms with Gasteiger partial charge < -0.3 is 10.1 Å². The summed E-state index contributed by atoms with van der Waals surface area (Å²) in [6.45, 7) is 4.41. The molecular weight excluding hydrogens is 408 g/mol. The fourth-order valence-electron chi connectivity index (χ4n) is 3.43. The number of hydrogen-bond acceptors (Lipinski definition) is 6. The fraction of sp³-hybridized carbons (Fsp3) is 0.571. The van der Waals surface area contributed by atoms with Crippen molar-refractivity contribution in [3.63, 3.8) is 0 Å². The first-order valence-electron chi connectivity index (χ1n) is 10.1. The average Bonchev–Trinajstić information content (AvgIpc) is 2.69. The Bertz CT molecular complexity index is 881. The molecule has 1 saturated carbocycles. The number of rotatable bonds is 8. The molecule has 0 aliphatic heterocycles. The number of benzene rings is 1. The Morgan fingerprint density at radius 3 is 2.33 bits per heavy atom. The lowest BCUT2D eigenvalue weighted by molar-refractivity contribution is -0.155. The van der Waals surface area contributed by atoms with Gasteiger partial charge in [-0.3, -0.25) is 14.4 Å². The molecule has 0 saturated heterocycles. The Hall–Kier alpha value is -2.26. The van der Waals surface area contributed by atoms with Crippen molar-refractivity contribution in [1.82, 2.24) is 9.62 Å². The standard InChI is InChI=1S/C21H30N2O6S/c1-14-7-5-6-8-19(14)22-21(26)16(3)29-20(25)13-23(4)30(27,28)18-11-9-17(10-12-18)15(2)24/h9-12,14,16,19H,5-8,13H2,1-4H3,(H,22,26). The van der Waals surface area contributed by atoms with Crippen LogP contribution in [0.1, 0.15) is 56.8 Å². The number of Topliss-reactive ketones (excluding diaryl/α,β-unsaturated/α-hetero) is 1. The molecule has 9 heteroatoms. The van der Waals surface area contributed by atoms with Crippen molar-refractivity contribution in [2.24, 2.45) is 5.92 Å². The lowest BCUT2D eigenvalue weighted by atomic mass is 9.86. The average molecular weight is 439 g/mol. The van der Waals surface area contributed by atoms with Crippen LogP contribution in [-0.2, 0) is 24.3 Å².